The molecule has 0 saturated carbocycles. The molecule has 0 atom stereocenters. The molecular formula is C13H14ClFN2O4. The number of hydrogen-bond acceptors (Lipinski definition) is 5. The molecule has 0 aliphatic carbocycles. The fourth-order valence-corrected chi connectivity index (χ4v) is 3.01. The molecule has 0 radical (unpaired) electrons. The SMILES string of the molecule is O=[N+]([O-])c1cc(F)c(Cl)cc1N1CCCC2(C1)OCCO2. The smallest absolute Gasteiger partial charge is 0.295 e. The van der Waals surface area contributed by atoms with E-state index in [1.807, 2.05) is 0 Å². The monoisotopic (exact) mass is 316 g/mol. The van der Waals surface area contributed by atoms with Crippen LogP contribution in [0.1, 0.15) is 12.8 Å². The number of benzene rings is 1. The van der Waals surface area contributed by atoms with Gasteiger partial charge in [-0.2, -0.15) is 0 Å². The molecule has 3 rings (SSSR count). The van der Waals surface area contributed by atoms with Gasteiger partial charge >= 0.3 is 0 Å². The van der Waals surface area contributed by atoms with Gasteiger partial charge in [0.05, 0.1) is 35.8 Å². The second-order valence-corrected chi connectivity index (χ2v) is 5.55. The van der Waals surface area contributed by atoms with Crippen molar-refractivity contribution in [3.8, 4) is 0 Å². The van der Waals surface area contributed by atoms with Gasteiger partial charge < -0.3 is 14.4 Å². The standard InChI is InChI=1S/C13H14ClFN2O4/c14-9-6-11(12(17(18)19)7-10(9)15)16-3-1-2-13(8-16)20-4-5-21-13/h6-7H,1-5,8H2. The minimum Gasteiger partial charge on any atom is -0.361 e. The summed E-state index contributed by atoms with van der Waals surface area (Å²) >= 11 is 5.77. The van der Waals surface area contributed by atoms with Gasteiger partial charge in [0.2, 0.25) is 0 Å². The van der Waals surface area contributed by atoms with Gasteiger partial charge in [-0.05, 0) is 12.5 Å². The lowest BCUT2D eigenvalue weighted by atomic mass is 10.0. The van der Waals surface area contributed by atoms with Gasteiger partial charge in [0.25, 0.3) is 5.69 Å². The van der Waals surface area contributed by atoms with Gasteiger partial charge in [-0.1, -0.05) is 11.6 Å². The van der Waals surface area contributed by atoms with E-state index in [1.54, 1.807) is 4.90 Å². The molecule has 2 aliphatic heterocycles. The van der Waals surface area contributed by atoms with Crippen LogP contribution in [0.5, 0.6) is 0 Å². The molecule has 1 spiro atoms. The Kier molecular flexibility index (Phi) is 3.73. The summed E-state index contributed by atoms with van der Waals surface area (Å²) in [5.74, 6) is -1.51. The van der Waals surface area contributed by atoms with E-state index in [-0.39, 0.29) is 10.7 Å². The average molecular weight is 317 g/mol. The number of halogens is 2. The van der Waals surface area contributed by atoms with Crippen molar-refractivity contribution >= 4 is 23.0 Å². The van der Waals surface area contributed by atoms with Crippen molar-refractivity contribution in [2.24, 2.45) is 0 Å². The maximum atomic E-state index is 13.5. The zero-order valence-corrected chi connectivity index (χ0v) is 11.9. The Morgan fingerprint density at radius 1 is 1.38 bits per heavy atom. The molecule has 0 bridgehead atoms. The van der Waals surface area contributed by atoms with Crippen LogP contribution in [-0.2, 0) is 9.47 Å². The Morgan fingerprint density at radius 2 is 2.10 bits per heavy atom. The maximum Gasteiger partial charge on any atom is 0.295 e. The molecule has 0 aromatic heterocycles. The first-order valence-corrected chi connectivity index (χ1v) is 7.05. The summed E-state index contributed by atoms with van der Waals surface area (Å²) < 4.78 is 24.8. The van der Waals surface area contributed by atoms with Crippen LogP contribution in [0.2, 0.25) is 5.02 Å². The van der Waals surface area contributed by atoms with E-state index >= 15 is 0 Å². The van der Waals surface area contributed by atoms with E-state index < -0.39 is 16.5 Å². The van der Waals surface area contributed by atoms with E-state index in [4.69, 9.17) is 21.1 Å². The van der Waals surface area contributed by atoms with E-state index in [0.717, 1.165) is 18.9 Å². The average Bonchev–Trinajstić information content (AvgIpc) is 2.89. The molecule has 8 heteroatoms. The van der Waals surface area contributed by atoms with Gasteiger partial charge in [0.1, 0.15) is 11.5 Å². The summed E-state index contributed by atoms with van der Waals surface area (Å²) in [5.41, 5.74) is -0.00322. The van der Waals surface area contributed by atoms with E-state index in [9.17, 15) is 14.5 Å². The summed E-state index contributed by atoms with van der Waals surface area (Å²) in [4.78, 5) is 12.3. The van der Waals surface area contributed by atoms with E-state index in [1.165, 1.54) is 6.07 Å². The van der Waals surface area contributed by atoms with Gasteiger partial charge in [0.15, 0.2) is 5.79 Å². The highest BCUT2D eigenvalue weighted by Crippen LogP contribution is 2.38. The molecule has 2 fully saturated rings. The lowest BCUT2D eigenvalue weighted by Crippen LogP contribution is -2.49. The van der Waals surface area contributed by atoms with Crippen LogP contribution in [0.15, 0.2) is 12.1 Å². The number of hydrogen-bond donors (Lipinski definition) is 0. The van der Waals surface area contributed by atoms with Crippen molar-refractivity contribution < 1.29 is 18.8 Å². The number of rotatable bonds is 2. The van der Waals surface area contributed by atoms with Crippen molar-refractivity contribution in [3.63, 3.8) is 0 Å². The third kappa shape index (κ3) is 2.68. The molecule has 2 heterocycles. The lowest BCUT2D eigenvalue weighted by Gasteiger charge is -2.39. The Labute approximate surface area is 125 Å². The number of nitro benzene ring substituents is 1. The molecule has 114 valence electrons. The third-order valence-corrected chi connectivity index (χ3v) is 4.08. The molecule has 1 aromatic carbocycles. The van der Waals surface area contributed by atoms with Gasteiger partial charge in [-0.25, -0.2) is 4.39 Å². The first kappa shape index (κ1) is 14.5. The molecular weight excluding hydrogens is 303 g/mol. The number of nitrogens with zero attached hydrogens (tertiary/aromatic N) is 2. The summed E-state index contributed by atoms with van der Waals surface area (Å²) in [7, 11) is 0. The summed E-state index contributed by atoms with van der Waals surface area (Å²) in [6, 6.07) is 2.15. The van der Waals surface area contributed by atoms with Crippen LogP contribution in [0.25, 0.3) is 0 Å². The van der Waals surface area contributed by atoms with Crippen LogP contribution in [0.3, 0.4) is 0 Å². The number of anilines is 1. The fraction of sp³-hybridized carbons (Fsp3) is 0.538. The first-order chi connectivity index (χ1) is 10.0. The summed E-state index contributed by atoms with van der Waals surface area (Å²) in [6.07, 6.45) is 1.51. The largest absolute Gasteiger partial charge is 0.361 e. The van der Waals surface area contributed by atoms with Crippen LogP contribution in [0.4, 0.5) is 15.8 Å². The molecule has 0 N–H and O–H groups in total. The summed E-state index contributed by atoms with van der Waals surface area (Å²) in [6.45, 7) is 2.01. The quantitative estimate of drug-likeness (QED) is 0.620. The molecule has 0 unspecified atom stereocenters. The zero-order chi connectivity index (χ0) is 15.0. The van der Waals surface area contributed by atoms with Crippen LogP contribution in [0, 0.1) is 15.9 Å². The van der Waals surface area contributed by atoms with Gasteiger partial charge in [-0.15, -0.1) is 0 Å². The first-order valence-electron chi connectivity index (χ1n) is 6.67. The molecule has 0 amide bonds. The normalized spacial score (nSPS) is 21.0. The van der Waals surface area contributed by atoms with E-state index in [0.29, 0.717) is 32.0 Å². The predicted molar refractivity (Wildman–Crippen MR) is 74.1 cm³/mol. The maximum absolute atomic E-state index is 13.5. The highest BCUT2D eigenvalue weighted by atomic mass is 35.5. The van der Waals surface area contributed by atoms with Gasteiger partial charge in [-0.3, -0.25) is 10.1 Å². The zero-order valence-electron chi connectivity index (χ0n) is 11.2. The van der Waals surface area contributed by atoms with Crippen LogP contribution < -0.4 is 4.90 Å². The predicted octanol–water partition coefficient (Wildman–Crippen LogP) is 2.73. The van der Waals surface area contributed by atoms with Crippen molar-refractivity contribution in [1.82, 2.24) is 0 Å². The van der Waals surface area contributed by atoms with Crippen LogP contribution in [-0.4, -0.2) is 37.0 Å². The molecule has 21 heavy (non-hydrogen) atoms. The molecule has 1 aromatic rings. The number of nitro groups is 1. The minimum absolute atomic E-state index is 0.136. The molecule has 6 nitrogen and oxygen atoms in total. The highest BCUT2D eigenvalue weighted by Gasteiger charge is 2.42. The highest BCUT2D eigenvalue weighted by molar-refractivity contribution is 6.31. The second-order valence-electron chi connectivity index (χ2n) is 5.14. The fourth-order valence-electron chi connectivity index (χ4n) is 2.85. The minimum atomic E-state index is -0.799. The Hall–Kier alpha value is -1.44. The van der Waals surface area contributed by atoms with Crippen molar-refractivity contribution in [2.75, 3.05) is 31.2 Å². The third-order valence-electron chi connectivity index (χ3n) is 3.79. The second kappa shape index (κ2) is 5.40. The Balaban J connectivity index is 1.95. The molecule has 2 saturated heterocycles. The van der Waals surface area contributed by atoms with E-state index in [2.05, 4.69) is 0 Å². The summed E-state index contributed by atoms with van der Waals surface area (Å²) in [5, 5.41) is 11.0. The molecule has 2 aliphatic rings. The van der Waals surface area contributed by atoms with Crippen molar-refractivity contribution in [2.45, 2.75) is 18.6 Å². The topological polar surface area (TPSA) is 64.8 Å². The van der Waals surface area contributed by atoms with Crippen LogP contribution >= 0.6 is 11.6 Å². The number of ether oxygens (including phenoxy) is 2. The number of piperidine rings is 1. The van der Waals surface area contributed by atoms with Crippen molar-refractivity contribution in [3.05, 3.63) is 33.1 Å². The van der Waals surface area contributed by atoms with Crippen molar-refractivity contribution in [1.29, 1.82) is 0 Å². The van der Waals surface area contributed by atoms with Gasteiger partial charge in [0, 0.05) is 13.0 Å². The Morgan fingerprint density at radius 3 is 2.76 bits per heavy atom. The lowest BCUT2D eigenvalue weighted by molar-refractivity contribution is -0.384. The Bertz CT molecular complexity index is 578.